The minimum absolute atomic E-state index is 0.141. The molecular weight excluding hydrogens is 699 g/mol. The highest BCUT2D eigenvalue weighted by atomic mass is 32.2. The fourth-order valence-corrected chi connectivity index (χ4v) is 8.41. The largest absolute Gasteiger partial charge is 0.508 e. The summed E-state index contributed by atoms with van der Waals surface area (Å²) in [6.07, 6.45) is 10.0. The molecule has 9 heteroatoms. The topological polar surface area (TPSA) is 113 Å². The lowest BCUT2D eigenvalue weighted by atomic mass is 9.70. The van der Waals surface area contributed by atoms with Gasteiger partial charge in [0.25, 0.3) is 0 Å². The van der Waals surface area contributed by atoms with Crippen molar-refractivity contribution in [1.29, 1.82) is 0 Å². The van der Waals surface area contributed by atoms with Crippen molar-refractivity contribution in [3.63, 3.8) is 0 Å². The summed E-state index contributed by atoms with van der Waals surface area (Å²) in [6.45, 7) is 16.6. The van der Waals surface area contributed by atoms with Crippen molar-refractivity contribution in [2.75, 3.05) is 42.7 Å². The van der Waals surface area contributed by atoms with Gasteiger partial charge in [0, 0.05) is 24.2 Å². The number of hydrogen-bond donors (Lipinski definition) is 2. The quantitative estimate of drug-likeness (QED) is 0.0973. The number of rotatable bonds is 18. The first-order valence-electron chi connectivity index (χ1n) is 19.9. The second-order valence-corrected chi connectivity index (χ2v) is 19.7. The number of carbonyl (C=O) groups excluding carboxylic acids is 1. The Kier molecular flexibility index (Phi) is 14.9. The van der Waals surface area contributed by atoms with Crippen molar-refractivity contribution < 1.29 is 32.9 Å². The molecule has 3 aromatic carbocycles. The molecule has 1 heterocycles. The summed E-state index contributed by atoms with van der Waals surface area (Å²) >= 11 is 0. The van der Waals surface area contributed by atoms with Gasteiger partial charge in [0.2, 0.25) is 0 Å². The number of phenolic OH excluding ortho intramolecular Hbond substituents is 2. The molecule has 0 radical (unpaired) electrons. The van der Waals surface area contributed by atoms with Crippen LogP contribution in [0.4, 0.5) is 5.69 Å². The Bertz CT molecular complexity index is 1690. The summed E-state index contributed by atoms with van der Waals surface area (Å²) in [5.74, 6) is 1.50. The van der Waals surface area contributed by atoms with Crippen LogP contribution in [0.3, 0.4) is 0 Å². The predicted molar refractivity (Wildman–Crippen MR) is 220 cm³/mol. The van der Waals surface area contributed by atoms with E-state index in [0.717, 1.165) is 65.8 Å². The summed E-state index contributed by atoms with van der Waals surface area (Å²) in [5.41, 5.74) is 3.20. The van der Waals surface area contributed by atoms with Gasteiger partial charge in [-0.15, -0.1) is 0 Å². The van der Waals surface area contributed by atoms with Gasteiger partial charge in [-0.1, -0.05) is 118 Å². The molecule has 54 heavy (non-hydrogen) atoms. The van der Waals surface area contributed by atoms with E-state index in [1.165, 1.54) is 25.7 Å². The van der Waals surface area contributed by atoms with E-state index in [1.807, 2.05) is 55.5 Å². The highest BCUT2D eigenvalue weighted by Crippen LogP contribution is 2.43. The third kappa shape index (κ3) is 12.4. The molecule has 0 unspecified atom stereocenters. The van der Waals surface area contributed by atoms with E-state index in [1.54, 1.807) is 12.1 Å². The number of ether oxygens (including phenoxy) is 2. The van der Waals surface area contributed by atoms with Crippen LogP contribution in [-0.4, -0.2) is 62.4 Å². The number of hydrogen-bond acceptors (Lipinski definition) is 8. The first kappa shape index (κ1) is 43.0. The van der Waals surface area contributed by atoms with Gasteiger partial charge in [-0.25, -0.2) is 8.42 Å². The van der Waals surface area contributed by atoms with Crippen LogP contribution < -0.4 is 9.64 Å². The van der Waals surface area contributed by atoms with E-state index >= 15 is 0 Å². The smallest absolute Gasteiger partial charge is 0.307 e. The average molecular weight is 764 g/mol. The highest BCUT2D eigenvalue weighted by molar-refractivity contribution is 7.91. The molecule has 0 atom stereocenters. The summed E-state index contributed by atoms with van der Waals surface area (Å²) in [4.78, 5) is 15.5. The summed E-state index contributed by atoms with van der Waals surface area (Å²) in [5, 5.41) is 21.4. The number of carbonyl (C=O) groups is 1. The molecule has 4 rings (SSSR count). The lowest BCUT2D eigenvalue weighted by molar-refractivity contribution is -0.144. The lowest BCUT2D eigenvalue weighted by Gasteiger charge is -2.33. The molecule has 2 N–H and O–H groups in total. The van der Waals surface area contributed by atoms with Crippen molar-refractivity contribution in [3.8, 4) is 17.2 Å². The van der Waals surface area contributed by atoms with Crippen molar-refractivity contribution >= 4 is 21.5 Å². The number of benzene rings is 3. The van der Waals surface area contributed by atoms with Gasteiger partial charge in [0.05, 0.1) is 31.1 Å². The number of aromatic hydroxyl groups is 2. The molecule has 1 aliphatic heterocycles. The van der Waals surface area contributed by atoms with Crippen molar-refractivity contribution in [3.05, 3.63) is 82.9 Å². The van der Waals surface area contributed by atoms with Crippen LogP contribution in [0.25, 0.3) is 0 Å². The number of nitrogens with zero attached hydrogens (tertiary/aromatic N) is 1. The van der Waals surface area contributed by atoms with Gasteiger partial charge in [-0.2, -0.15) is 0 Å². The second-order valence-electron chi connectivity index (χ2n) is 17.4. The minimum atomic E-state index is -2.88. The van der Waals surface area contributed by atoms with Crippen molar-refractivity contribution in [2.24, 2.45) is 0 Å². The molecule has 1 aliphatic rings. The van der Waals surface area contributed by atoms with E-state index in [-0.39, 0.29) is 46.2 Å². The van der Waals surface area contributed by atoms with E-state index in [0.29, 0.717) is 26.3 Å². The van der Waals surface area contributed by atoms with E-state index in [9.17, 15) is 23.4 Å². The second kappa shape index (κ2) is 18.7. The van der Waals surface area contributed by atoms with Gasteiger partial charge in [-0.3, -0.25) is 4.79 Å². The van der Waals surface area contributed by atoms with Gasteiger partial charge >= 0.3 is 5.97 Å². The molecule has 0 aliphatic carbocycles. The van der Waals surface area contributed by atoms with Gasteiger partial charge in [-0.05, 0) is 82.3 Å². The summed E-state index contributed by atoms with van der Waals surface area (Å²) < 4.78 is 35.1. The van der Waals surface area contributed by atoms with Gasteiger partial charge < -0.3 is 24.6 Å². The van der Waals surface area contributed by atoms with Crippen LogP contribution in [0.5, 0.6) is 17.2 Å². The summed E-state index contributed by atoms with van der Waals surface area (Å²) in [6, 6.07) is 19.2. The molecular formula is C45H65NO7S. The van der Waals surface area contributed by atoms with Crippen LogP contribution in [0.1, 0.15) is 135 Å². The molecule has 0 aromatic heterocycles. The number of sulfone groups is 1. The Balaban J connectivity index is 1.15. The predicted octanol–water partition coefficient (Wildman–Crippen LogP) is 9.76. The molecule has 3 aromatic rings. The van der Waals surface area contributed by atoms with E-state index in [2.05, 4.69) is 46.4 Å². The monoisotopic (exact) mass is 763 g/mol. The Labute approximate surface area is 325 Å². The molecule has 0 amide bonds. The van der Waals surface area contributed by atoms with Crippen LogP contribution in [0.15, 0.2) is 60.7 Å². The highest BCUT2D eigenvalue weighted by Gasteiger charge is 2.35. The first-order valence-corrected chi connectivity index (χ1v) is 21.7. The van der Waals surface area contributed by atoms with E-state index in [4.69, 9.17) is 9.47 Å². The Morgan fingerprint density at radius 2 is 1.09 bits per heavy atom. The minimum Gasteiger partial charge on any atom is -0.508 e. The van der Waals surface area contributed by atoms with Crippen molar-refractivity contribution in [2.45, 2.75) is 129 Å². The number of esters is 1. The van der Waals surface area contributed by atoms with Gasteiger partial charge in [0.15, 0.2) is 9.84 Å². The first-order chi connectivity index (χ1) is 25.4. The Morgan fingerprint density at radius 1 is 0.648 bits per heavy atom. The molecule has 0 saturated carbocycles. The number of unbranched alkanes of at least 4 members (excludes halogenated alkanes) is 8. The lowest BCUT2D eigenvalue weighted by Crippen LogP contribution is -2.40. The maximum atomic E-state index is 13.4. The SMILES string of the molecule is CC(C)(C)c1cc(C(C)(CC(=O)OCCCCCCCCCCCOc2ccc(N3CCS(=O)(=O)CC3)cc2)c2ccc(O)c(C(C)(C)C)c2)ccc1O. The van der Waals surface area contributed by atoms with Gasteiger partial charge in [0.1, 0.15) is 17.2 Å². The number of anilines is 1. The standard InChI is InChI=1S/C45H65NO7S/c1-43(2,3)38-31-34(17-23-40(38)47)45(7,35-18-24-41(48)39(32-35)44(4,5)6)33-42(49)53-28-16-14-12-10-8-9-11-13-15-27-52-37-21-19-36(20-22-37)46-25-29-54(50,51)30-26-46/h17-24,31-32,47-48H,8-16,25-30,33H2,1-7H3. The maximum Gasteiger partial charge on any atom is 0.307 e. The molecule has 8 nitrogen and oxygen atoms in total. The molecule has 0 spiro atoms. The van der Waals surface area contributed by atoms with Crippen LogP contribution >= 0.6 is 0 Å². The molecule has 298 valence electrons. The van der Waals surface area contributed by atoms with Crippen molar-refractivity contribution in [1.82, 2.24) is 0 Å². The summed E-state index contributed by atoms with van der Waals surface area (Å²) in [7, 11) is -2.88. The molecule has 1 saturated heterocycles. The number of phenols is 2. The molecule has 1 fully saturated rings. The Hall–Kier alpha value is -3.72. The zero-order valence-corrected chi connectivity index (χ0v) is 34.7. The van der Waals surface area contributed by atoms with Crippen LogP contribution in [0, 0.1) is 0 Å². The maximum absolute atomic E-state index is 13.4. The molecule has 0 bridgehead atoms. The van der Waals surface area contributed by atoms with Crippen LogP contribution in [-0.2, 0) is 35.6 Å². The zero-order valence-electron chi connectivity index (χ0n) is 33.9. The third-order valence-electron chi connectivity index (χ3n) is 10.7. The Morgan fingerprint density at radius 3 is 1.56 bits per heavy atom. The zero-order chi connectivity index (χ0) is 39.6. The third-order valence-corrected chi connectivity index (χ3v) is 12.4. The fraction of sp³-hybridized carbons (Fsp3) is 0.578. The van der Waals surface area contributed by atoms with Crippen LogP contribution in [0.2, 0.25) is 0 Å². The average Bonchev–Trinajstić information content (AvgIpc) is 3.10. The normalized spacial score (nSPS) is 14.9. The fourth-order valence-electron chi connectivity index (χ4n) is 7.21. The van der Waals surface area contributed by atoms with E-state index < -0.39 is 15.3 Å².